The Bertz CT molecular complexity index is 1310. The zero-order valence-corrected chi connectivity index (χ0v) is 26.2. The number of para-hydroxylation sites is 1. The maximum atomic E-state index is 13.9. The second kappa shape index (κ2) is 9.18. The van der Waals surface area contributed by atoms with Gasteiger partial charge in [-0.15, -0.1) is 0 Å². The van der Waals surface area contributed by atoms with Gasteiger partial charge in [0.15, 0.2) is 4.75 Å². The molecule has 0 saturated heterocycles. The molecule has 0 radical (unpaired) electrons. The predicted octanol–water partition coefficient (Wildman–Crippen LogP) is 3.78. The summed E-state index contributed by atoms with van der Waals surface area (Å²) in [7, 11) is -4.30. The van der Waals surface area contributed by atoms with E-state index in [9.17, 15) is 18.6 Å². The van der Waals surface area contributed by atoms with Crippen molar-refractivity contribution in [2.45, 2.75) is 18.6 Å². The van der Waals surface area contributed by atoms with Gasteiger partial charge in [-0.2, -0.15) is 8.42 Å². The fourth-order valence-electron chi connectivity index (χ4n) is 3.99. The molecule has 4 rings (SSSR count). The molecule has 0 atom stereocenters. The van der Waals surface area contributed by atoms with Crippen LogP contribution in [0.1, 0.15) is 27.8 Å². The van der Waals surface area contributed by atoms with Crippen LogP contribution in [-0.2, 0) is 14.9 Å². The average molecular weight is 721 g/mol. The molecule has 0 spiro atoms. The van der Waals surface area contributed by atoms with Gasteiger partial charge in [0.05, 0.1) is 17.9 Å². The van der Waals surface area contributed by atoms with Gasteiger partial charge in [0.25, 0.3) is 0 Å². The first-order valence-corrected chi connectivity index (χ1v) is 13.4. The molecule has 0 aromatic heterocycles. The van der Waals surface area contributed by atoms with Crippen LogP contribution in [0.2, 0.25) is 0 Å². The molecule has 1 heterocycles. The summed E-state index contributed by atoms with van der Waals surface area (Å²) in [6.45, 7) is 3.45. The molecule has 3 aromatic carbocycles. The minimum Gasteiger partial charge on any atom is -0.506 e. The standard InChI is InChI=1S/C21H14Br4O5S.Na/c1-9-12(7-14(22)19(26)17(9)24)21(13-8-15(23)20(27)18(25)10(13)2)11-5-3-4-6-16(11)30-31(21,28)29;/h3-8,26-27H,1-2H3;/q;+1. The van der Waals surface area contributed by atoms with Crippen LogP contribution in [0.15, 0.2) is 54.3 Å². The Labute approximate surface area is 241 Å². The van der Waals surface area contributed by atoms with Gasteiger partial charge in [0.2, 0.25) is 0 Å². The van der Waals surface area contributed by atoms with Gasteiger partial charge in [0, 0.05) is 5.56 Å². The molecule has 0 amide bonds. The van der Waals surface area contributed by atoms with Crippen molar-refractivity contribution < 1.29 is 52.4 Å². The molecular formula is C21H14Br4NaO5S+. The normalized spacial score (nSPS) is 15.6. The summed E-state index contributed by atoms with van der Waals surface area (Å²) >= 11 is 13.4. The van der Waals surface area contributed by atoms with Gasteiger partial charge in [-0.25, -0.2) is 0 Å². The zero-order valence-electron chi connectivity index (χ0n) is 17.0. The third-order valence-corrected chi connectivity index (χ3v) is 10.4. The van der Waals surface area contributed by atoms with E-state index in [0.29, 0.717) is 45.7 Å². The molecule has 32 heavy (non-hydrogen) atoms. The Morgan fingerprint density at radius 3 is 1.72 bits per heavy atom. The third-order valence-electron chi connectivity index (χ3n) is 5.48. The Morgan fingerprint density at radius 1 is 0.812 bits per heavy atom. The molecule has 2 N–H and O–H groups in total. The van der Waals surface area contributed by atoms with Crippen LogP contribution in [0, 0.1) is 13.8 Å². The van der Waals surface area contributed by atoms with Crippen molar-refractivity contribution in [2.75, 3.05) is 0 Å². The van der Waals surface area contributed by atoms with Crippen molar-refractivity contribution in [3.05, 3.63) is 82.1 Å². The van der Waals surface area contributed by atoms with E-state index in [-0.39, 0.29) is 46.8 Å². The maximum Gasteiger partial charge on any atom is 1.00 e. The Balaban J connectivity index is 0.00000289. The van der Waals surface area contributed by atoms with E-state index in [2.05, 4.69) is 63.7 Å². The van der Waals surface area contributed by atoms with Gasteiger partial charge in [-0.05, 0) is 118 Å². The molecule has 0 saturated carbocycles. The summed E-state index contributed by atoms with van der Waals surface area (Å²) in [5, 5.41) is 20.8. The van der Waals surface area contributed by atoms with Gasteiger partial charge < -0.3 is 14.4 Å². The van der Waals surface area contributed by atoms with Crippen molar-refractivity contribution in [3.8, 4) is 17.2 Å². The fraction of sp³-hybridized carbons (Fsp3) is 0.143. The maximum absolute atomic E-state index is 13.9. The second-order valence-corrected chi connectivity index (χ2v) is 12.1. The minimum absolute atomic E-state index is 0. The van der Waals surface area contributed by atoms with E-state index in [0.717, 1.165) is 0 Å². The molecule has 5 nitrogen and oxygen atoms in total. The molecule has 0 bridgehead atoms. The van der Waals surface area contributed by atoms with Gasteiger partial charge >= 0.3 is 39.7 Å². The smallest absolute Gasteiger partial charge is 0.506 e. The molecule has 11 heteroatoms. The van der Waals surface area contributed by atoms with E-state index >= 15 is 0 Å². The monoisotopic (exact) mass is 717 g/mol. The summed E-state index contributed by atoms with van der Waals surface area (Å²) in [5.41, 5.74) is 2.31. The quantitative estimate of drug-likeness (QED) is 0.311. The zero-order chi connectivity index (χ0) is 22.9. The molecule has 162 valence electrons. The van der Waals surface area contributed by atoms with Crippen LogP contribution in [0.25, 0.3) is 0 Å². The Hall–Kier alpha value is -0.0700. The summed E-state index contributed by atoms with van der Waals surface area (Å²) < 4.78 is 32.9. The van der Waals surface area contributed by atoms with E-state index in [1.807, 2.05) is 0 Å². The largest absolute Gasteiger partial charge is 1.00 e. The van der Waals surface area contributed by atoms with Gasteiger partial charge in [-0.3, -0.25) is 0 Å². The first-order chi connectivity index (χ1) is 14.4. The Morgan fingerprint density at radius 2 is 1.25 bits per heavy atom. The van der Waals surface area contributed by atoms with E-state index in [1.54, 1.807) is 50.2 Å². The topological polar surface area (TPSA) is 83.8 Å². The molecule has 0 aliphatic carbocycles. The predicted molar refractivity (Wildman–Crippen MR) is 132 cm³/mol. The molecule has 1 aliphatic rings. The second-order valence-electron chi connectivity index (χ2n) is 7.10. The SMILES string of the molecule is Cc1c(C2(c3cc(Br)c(O)c(Br)c3C)c3ccccc3OS2(=O)=O)cc(Br)c(O)c1Br.[Na+]. The van der Waals surface area contributed by atoms with Crippen molar-refractivity contribution in [1.82, 2.24) is 0 Å². The average Bonchev–Trinajstić information content (AvgIpc) is 2.97. The number of phenolic OH excluding ortho intramolecular Hbond substituents is 2. The number of halogens is 4. The van der Waals surface area contributed by atoms with Crippen LogP contribution >= 0.6 is 63.7 Å². The number of fused-ring (bicyclic) bond motifs is 1. The molecular weight excluding hydrogens is 707 g/mol. The number of hydrogen-bond acceptors (Lipinski definition) is 5. The summed E-state index contributed by atoms with van der Waals surface area (Å²) in [6, 6.07) is 9.95. The van der Waals surface area contributed by atoms with Crippen molar-refractivity contribution in [2.24, 2.45) is 0 Å². The number of aromatic hydroxyl groups is 2. The Kier molecular flexibility index (Phi) is 7.61. The van der Waals surface area contributed by atoms with Crippen molar-refractivity contribution in [3.63, 3.8) is 0 Å². The van der Waals surface area contributed by atoms with E-state index < -0.39 is 14.9 Å². The fourth-order valence-corrected chi connectivity index (χ4v) is 8.14. The summed E-state index contributed by atoms with van der Waals surface area (Å²) in [6.07, 6.45) is 0. The number of benzene rings is 3. The first-order valence-electron chi connectivity index (χ1n) is 8.84. The van der Waals surface area contributed by atoms with Crippen molar-refractivity contribution in [1.29, 1.82) is 0 Å². The van der Waals surface area contributed by atoms with E-state index in [1.165, 1.54) is 0 Å². The van der Waals surface area contributed by atoms with Crippen LogP contribution in [0.3, 0.4) is 0 Å². The number of hydrogen-bond donors (Lipinski definition) is 2. The van der Waals surface area contributed by atoms with Gasteiger partial charge in [-0.1, -0.05) is 18.2 Å². The number of phenols is 2. The first kappa shape index (κ1) is 26.5. The molecule has 0 unspecified atom stereocenters. The third kappa shape index (κ3) is 3.64. The van der Waals surface area contributed by atoms with Crippen LogP contribution in [0.5, 0.6) is 17.2 Å². The minimum atomic E-state index is -4.30. The van der Waals surface area contributed by atoms with Crippen molar-refractivity contribution >= 4 is 73.8 Å². The van der Waals surface area contributed by atoms with Crippen LogP contribution in [0.4, 0.5) is 0 Å². The summed E-state index contributed by atoms with van der Waals surface area (Å²) in [5.74, 6) is 0.151. The molecule has 3 aromatic rings. The summed E-state index contributed by atoms with van der Waals surface area (Å²) in [4.78, 5) is 0. The van der Waals surface area contributed by atoms with E-state index in [4.69, 9.17) is 4.18 Å². The molecule has 1 aliphatic heterocycles. The van der Waals surface area contributed by atoms with Gasteiger partial charge in [0.1, 0.15) is 17.2 Å². The molecule has 0 fully saturated rings. The number of rotatable bonds is 2. The van der Waals surface area contributed by atoms with Crippen LogP contribution < -0.4 is 33.7 Å². The van der Waals surface area contributed by atoms with Crippen LogP contribution in [-0.4, -0.2) is 18.6 Å².